The predicted molar refractivity (Wildman–Crippen MR) is 111 cm³/mol. The van der Waals surface area contributed by atoms with Crippen molar-refractivity contribution in [2.45, 2.75) is 40.7 Å². The van der Waals surface area contributed by atoms with Crippen LogP contribution >= 0.6 is 11.3 Å². The van der Waals surface area contributed by atoms with E-state index in [-0.39, 0.29) is 11.6 Å². The lowest BCUT2D eigenvalue weighted by Crippen LogP contribution is -2.17. The molecule has 2 heterocycles. The van der Waals surface area contributed by atoms with Gasteiger partial charge in [-0.15, -0.1) is 11.3 Å². The third-order valence-corrected chi connectivity index (χ3v) is 5.50. The first-order chi connectivity index (χ1) is 12.9. The Balaban J connectivity index is 1.89. The number of aromatic amines is 1. The molecule has 1 aromatic carbocycles. The van der Waals surface area contributed by atoms with Gasteiger partial charge in [-0.2, -0.15) is 0 Å². The summed E-state index contributed by atoms with van der Waals surface area (Å²) in [6, 6.07) is 5.55. The van der Waals surface area contributed by atoms with E-state index >= 15 is 0 Å². The summed E-state index contributed by atoms with van der Waals surface area (Å²) in [7, 11) is 0. The van der Waals surface area contributed by atoms with Gasteiger partial charge in [0.1, 0.15) is 10.7 Å². The lowest BCUT2D eigenvalue weighted by Gasteiger charge is -2.17. The highest BCUT2D eigenvalue weighted by Crippen LogP contribution is 2.32. The SMILES string of the molecule is CCOc1ccc(N[C@H](C)c2nc3sc(C)c(C)c3c(=O)[nH]2)cc1OCC. The number of benzene rings is 1. The quantitative estimate of drug-likeness (QED) is 0.621. The van der Waals surface area contributed by atoms with Crippen LogP contribution in [0, 0.1) is 13.8 Å². The number of fused-ring (bicyclic) bond motifs is 1. The normalized spacial score (nSPS) is 12.2. The fourth-order valence-electron chi connectivity index (χ4n) is 2.94. The summed E-state index contributed by atoms with van der Waals surface area (Å²) < 4.78 is 11.3. The number of hydrogen-bond donors (Lipinski definition) is 2. The molecule has 0 aliphatic carbocycles. The second kappa shape index (κ2) is 8.00. The van der Waals surface area contributed by atoms with Gasteiger partial charge in [0, 0.05) is 16.6 Å². The Morgan fingerprint density at radius 2 is 1.89 bits per heavy atom. The highest BCUT2D eigenvalue weighted by atomic mass is 32.1. The van der Waals surface area contributed by atoms with Crippen LogP contribution in [0.3, 0.4) is 0 Å². The second-order valence-electron chi connectivity index (χ2n) is 6.31. The summed E-state index contributed by atoms with van der Waals surface area (Å²) in [4.78, 5) is 22.0. The average molecular weight is 388 g/mol. The topological polar surface area (TPSA) is 76.2 Å². The number of H-pyrrole nitrogens is 1. The highest BCUT2D eigenvalue weighted by Gasteiger charge is 2.16. The number of nitrogens with zero attached hydrogens (tertiary/aromatic N) is 1. The van der Waals surface area contributed by atoms with Crippen molar-refractivity contribution in [1.29, 1.82) is 0 Å². The van der Waals surface area contributed by atoms with Crippen LogP contribution in [0.2, 0.25) is 0 Å². The molecule has 144 valence electrons. The van der Waals surface area contributed by atoms with Crippen LogP contribution in [-0.4, -0.2) is 23.2 Å². The van der Waals surface area contributed by atoms with Crippen molar-refractivity contribution in [3.8, 4) is 11.5 Å². The Morgan fingerprint density at radius 1 is 1.19 bits per heavy atom. The maximum absolute atomic E-state index is 12.5. The number of rotatable bonds is 7. The molecule has 1 atom stereocenters. The third-order valence-electron chi connectivity index (χ3n) is 4.39. The number of hydrogen-bond acceptors (Lipinski definition) is 6. The van der Waals surface area contributed by atoms with Gasteiger partial charge in [0.05, 0.1) is 24.6 Å². The molecule has 0 fully saturated rings. The molecule has 0 aliphatic heterocycles. The molecule has 6 nitrogen and oxygen atoms in total. The Morgan fingerprint density at radius 3 is 2.59 bits per heavy atom. The van der Waals surface area contributed by atoms with Gasteiger partial charge < -0.3 is 19.8 Å². The van der Waals surface area contributed by atoms with Gasteiger partial charge in [-0.25, -0.2) is 4.98 Å². The molecule has 7 heteroatoms. The van der Waals surface area contributed by atoms with Crippen LogP contribution < -0.4 is 20.3 Å². The number of ether oxygens (including phenoxy) is 2. The first kappa shape index (κ1) is 19.2. The first-order valence-corrected chi connectivity index (χ1v) is 9.92. The monoisotopic (exact) mass is 387 g/mol. The average Bonchev–Trinajstić information content (AvgIpc) is 2.92. The molecule has 0 saturated carbocycles. The molecule has 0 saturated heterocycles. The van der Waals surface area contributed by atoms with Gasteiger partial charge in [-0.05, 0) is 52.3 Å². The van der Waals surface area contributed by atoms with E-state index in [1.807, 2.05) is 52.8 Å². The molecule has 0 aliphatic rings. The van der Waals surface area contributed by atoms with Gasteiger partial charge in [-0.3, -0.25) is 4.79 Å². The molecule has 0 radical (unpaired) electrons. The van der Waals surface area contributed by atoms with Crippen LogP contribution in [-0.2, 0) is 0 Å². The second-order valence-corrected chi connectivity index (χ2v) is 7.51. The standard InChI is InChI=1S/C20H25N3O3S/c1-6-25-15-9-8-14(10-16(15)26-7-2)21-12(4)18-22-19(24)17-11(3)13(5)27-20(17)23-18/h8-10,12,21H,6-7H2,1-5H3,(H,22,23,24)/t12-/m1/s1. The minimum absolute atomic E-state index is 0.0906. The van der Waals surface area contributed by atoms with E-state index in [9.17, 15) is 4.79 Å². The van der Waals surface area contributed by atoms with E-state index in [0.29, 0.717) is 30.2 Å². The molecule has 0 bridgehead atoms. The zero-order chi connectivity index (χ0) is 19.6. The third kappa shape index (κ3) is 3.93. The Bertz CT molecular complexity index is 1010. The van der Waals surface area contributed by atoms with Crippen molar-refractivity contribution in [1.82, 2.24) is 9.97 Å². The van der Waals surface area contributed by atoms with Crippen molar-refractivity contribution >= 4 is 27.2 Å². The smallest absolute Gasteiger partial charge is 0.259 e. The van der Waals surface area contributed by atoms with Crippen LogP contribution in [0.5, 0.6) is 11.5 Å². The number of thiophene rings is 1. The van der Waals surface area contributed by atoms with Crippen molar-refractivity contribution in [2.24, 2.45) is 0 Å². The van der Waals surface area contributed by atoms with Gasteiger partial charge in [0.25, 0.3) is 5.56 Å². The molecule has 27 heavy (non-hydrogen) atoms. The van der Waals surface area contributed by atoms with E-state index in [2.05, 4.69) is 15.3 Å². The van der Waals surface area contributed by atoms with Crippen molar-refractivity contribution in [2.75, 3.05) is 18.5 Å². The summed E-state index contributed by atoms with van der Waals surface area (Å²) >= 11 is 1.55. The van der Waals surface area contributed by atoms with Gasteiger partial charge in [0.15, 0.2) is 11.5 Å². The number of aromatic nitrogens is 2. The maximum Gasteiger partial charge on any atom is 0.259 e. The number of anilines is 1. The van der Waals surface area contributed by atoms with Crippen molar-refractivity contribution in [3.63, 3.8) is 0 Å². The summed E-state index contributed by atoms with van der Waals surface area (Å²) in [6.45, 7) is 11.0. The number of aryl methyl sites for hydroxylation is 2. The van der Waals surface area contributed by atoms with Gasteiger partial charge in [-0.1, -0.05) is 0 Å². The van der Waals surface area contributed by atoms with E-state index in [1.165, 1.54) is 0 Å². The molecular weight excluding hydrogens is 362 g/mol. The van der Waals surface area contributed by atoms with Crippen LogP contribution in [0.15, 0.2) is 23.0 Å². The summed E-state index contributed by atoms with van der Waals surface area (Å²) in [6.07, 6.45) is 0. The van der Waals surface area contributed by atoms with E-state index < -0.39 is 0 Å². The molecule has 0 amide bonds. The lowest BCUT2D eigenvalue weighted by molar-refractivity contribution is 0.288. The molecule has 3 rings (SSSR count). The zero-order valence-electron chi connectivity index (χ0n) is 16.3. The minimum atomic E-state index is -0.169. The molecule has 3 aromatic rings. The van der Waals surface area contributed by atoms with Crippen molar-refractivity contribution in [3.05, 3.63) is 44.8 Å². The highest BCUT2D eigenvalue weighted by molar-refractivity contribution is 7.18. The van der Waals surface area contributed by atoms with E-state index in [1.54, 1.807) is 11.3 Å². The largest absolute Gasteiger partial charge is 0.490 e. The fraction of sp³-hybridized carbons (Fsp3) is 0.400. The molecule has 2 aromatic heterocycles. The zero-order valence-corrected chi connectivity index (χ0v) is 17.1. The van der Waals surface area contributed by atoms with Gasteiger partial charge in [0.2, 0.25) is 0 Å². The van der Waals surface area contributed by atoms with Crippen LogP contribution in [0.25, 0.3) is 10.2 Å². The first-order valence-electron chi connectivity index (χ1n) is 9.10. The molecular formula is C20H25N3O3S. The summed E-state index contributed by atoms with van der Waals surface area (Å²) in [5.74, 6) is 2.02. The molecule has 2 N–H and O–H groups in total. The Labute approximate surface area is 162 Å². The maximum atomic E-state index is 12.5. The van der Waals surface area contributed by atoms with E-state index in [4.69, 9.17) is 9.47 Å². The molecule has 0 unspecified atom stereocenters. The summed E-state index contributed by atoms with van der Waals surface area (Å²) in [5, 5.41) is 4.06. The van der Waals surface area contributed by atoms with Crippen molar-refractivity contribution < 1.29 is 9.47 Å². The molecule has 0 spiro atoms. The van der Waals surface area contributed by atoms with Crippen LogP contribution in [0.4, 0.5) is 5.69 Å². The fourth-order valence-corrected chi connectivity index (χ4v) is 3.97. The van der Waals surface area contributed by atoms with Crippen LogP contribution in [0.1, 0.15) is 43.1 Å². The Hall–Kier alpha value is -2.54. The lowest BCUT2D eigenvalue weighted by atomic mass is 10.2. The summed E-state index contributed by atoms with van der Waals surface area (Å²) in [5.41, 5.74) is 1.78. The Kier molecular flexibility index (Phi) is 5.70. The minimum Gasteiger partial charge on any atom is -0.490 e. The predicted octanol–water partition coefficient (Wildman–Crippen LogP) is 4.57. The number of nitrogens with one attached hydrogen (secondary N) is 2. The van der Waals surface area contributed by atoms with Gasteiger partial charge >= 0.3 is 0 Å². The van der Waals surface area contributed by atoms with E-state index in [0.717, 1.165) is 26.7 Å².